The number of nitrogens with one attached hydrogen (secondary N) is 1. The molecule has 0 amide bonds. The summed E-state index contributed by atoms with van der Waals surface area (Å²) < 4.78 is 6.65. The number of hydrogen-bond acceptors (Lipinski definition) is 4. The minimum absolute atomic E-state index is 0.0745. The number of methoxy groups -OCH3 is 1. The Kier molecular flexibility index (Phi) is 5.36. The molecule has 0 aromatic carbocycles. The van der Waals surface area contributed by atoms with Crippen molar-refractivity contribution in [3.05, 3.63) is 16.9 Å². The van der Waals surface area contributed by atoms with Crippen LogP contribution in [0.2, 0.25) is 5.02 Å². The van der Waals surface area contributed by atoms with Gasteiger partial charge in [0.25, 0.3) is 0 Å². The zero-order valence-electron chi connectivity index (χ0n) is 11.2. The van der Waals surface area contributed by atoms with Crippen molar-refractivity contribution in [3.63, 3.8) is 0 Å². The Hall–Kier alpha value is -0.910. The molecule has 6 heteroatoms. The zero-order valence-corrected chi connectivity index (χ0v) is 11.9. The van der Waals surface area contributed by atoms with E-state index in [0.717, 1.165) is 25.9 Å². The number of rotatable bonds is 7. The summed E-state index contributed by atoms with van der Waals surface area (Å²) >= 11 is 6.06. The van der Waals surface area contributed by atoms with Crippen LogP contribution in [0.15, 0.2) is 6.20 Å². The molecule has 1 aliphatic rings. The second-order valence-corrected chi connectivity index (χ2v) is 5.28. The number of Topliss-reactive ketones (excluding diaryl/α,β-unsaturated/α-hetero) is 1. The van der Waals surface area contributed by atoms with Gasteiger partial charge in [-0.25, -0.2) is 0 Å². The van der Waals surface area contributed by atoms with Gasteiger partial charge in [0.15, 0.2) is 5.78 Å². The molecular weight excluding hydrogens is 266 g/mol. The third kappa shape index (κ3) is 3.78. The lowest BCUT2D eigenvalue weighted by Crippen LogP contribution is -2.15. The van der Waals surface area contributed by atoms with Gasteiger partial charge in [-0.1, -0.05) is 11.6 Å². The predicted octanol–water partition coefficient (Wildman–Crippen LogP) is 1.76. The number of nitrogens with zero attached hydrogens (tertiary/aromatic N) is 2. The molecule has 0 aliphatic carbocycles. The van der Waals surface area contributed by atoms with E-state index in [0.29, 0.717) is 36.2 Å². The average molecular weight is 286 g/mol. The molecule has 1 aromatic heterocycles. The van der Waals surface area contributed by atoms with E-state index in [-0.39, 0.29) is 5.78 Å². The second kappa shape index (κ2) is 7.03. The summed E-state index contributed by atoms with van der Waals surface area (Å²) in [7, 11) is 1.62. The molecule has 0 bridgehead atoms. The first kappa shape index (κ1) is 14.5. The maximum Gasteiger partial charge on any atom is 0.182 e. The summed E-state index contributed by atoms with van der Waals surface area (Å²) in [6.07, 6.45) is 4.13. The van der Waals surface area contributed by atoms with Crippen LogP contribution >= 0.6 is 11.6 Å². The molecule has 0 spiro atoms. The van der Waals surface area contributed by atoms with Gasteiger partial charge in [0.05, 0.1) is 24.4 Å². The van der Waals surface area contributed by atoms with Gasteiger partial charge in [0.2, 0.25) is 0 Å². The molecule has 106 valence electrons. The van der Waals surface area contributed by atoms with Gasteiger partial charge in [-0.15, -0.1) is 0 Å². The van der Waals surface area contributed by atoms with E-state index in [1.165, 1.54) is 6.20 Å². The SMILES string of the molecule is COCCn1ncc(Cl)c1C(=O)CCC1CCNC1. The summed E-state index contributed by atoms with van der Waals surface area (Å²) in [5.41, 5.74) is 0.518. The highest BCUT2D eigenvalue weighted by Gasteiger charge is 2.20. The van der Waals surface area contributed by atoms with Crippen LogP contribution in [0.3, 0.4) is 0 Å². The number of carbonyl (C=O) groups is 1. The minimum atomic E-state index is 0.0745. The van der Waals surface area contributed by atoms with Crippen LogP contribution in [0.5, 0.6) is 0 Å². The predicted molar refractivity (Wildman–Crippen MR) is 73.7 cm³/mol. The van der Waals surface area contributed by atoms with Crippen molar-refractivity contribution in [2.24, 2.45) is 5.92 Å². The van der Waals surface area contributed by atoms with Gasteiger partial charge in [-0.2, -0.15) is 5.10 Å². The maximum absolute atomic E-state index is 12.3. The van der Waals surface area contributed by atoms with Crippen LogP contribution < -0.4 is 5.32 Å². The first-order valence-corrected chi connectivity index (χ1v) is 7.04. The smallest absolute Gasteiger partial charge is 0.182 e. The van der Waals surface area contributed by atoms with E-state index in [1.54, 1.807) is 11.8 Å². The van der Waals surface area contributed by atoms with Crippen molar-refractivity contribution < 1.29 is 9.53 Å². The molecule has 0 saturated carbocycles. The van der Waals surface area contributed by atoms with E-state index in [4.69, 9.17) is 16.3 Å². The summed E-state index contributed by atoms with van der Waals surface area (Å²) in [6.45, 7) is 3.15. The van der Waals surface area contributed by atoms with Gasteiger partial charge in [-0.3, -0.25) is 9.48 Å². The normalized spacial score (nSPS) is 18.9. The Morgan fingerprint density at radius 1 is 1.68 bits per heavy atom. The number of hydrogen-bond donors (Lipinski definition) is 1. The third-order valence-electron chi connectivity index (χ3n) is 3.51. The molecule has 1 fully saturated rings. The lowest BCUT2D eigenvalue weighted by Gasteiger charge is -2.09. The van der Waals surface area contributed by atoms with E-state index in [2.05, 4.69) is 10.4 Å². The highest BCUT2D eigenvalue weighted by Crippen LogP contribution is 2.21. The Labute approximate surface area is 118 Å². The van der Waals surface area contributed by atoms with Crippen molar-refractivity contribution >= 4 is 17.4 Å². The Morgan fingerprint density at radius 3 is 3.21 bits per heavy atom. The first-order valence-electron chi connectivity index (χ1n) is 6.66. The van der Waals surface area contributed by atoms with E-state index in [1.807, 2.05) is 0 Å². The molecule has 1 saturated heterocycles. The maximum atomic E-state index is 12.3. The molecular formula is C13H20ClN3O2. The van der Waals surface area contributed by atoms with Crippen LogP contribution in [0.25, 0.3) is 0 Å². The number of carbonyl (C=O) groups excluding carboxylic acids is 1. The van der Waals surface area contributed by atoms with Crippen LogP contribution in [0.1, 0.15) is 29.8 Å². The standard InChI is InChI=1S/C13H20ClN3O2/c1-19-7-6-17-13(11(14)9-16-17)12(18)3-2-10-4-5-15-8-10/h9-10,15H,2-8H2,1H3. The van der Waals surface area contributed by atoms with E-state index < -0.39 is 0 Å². The molecule has 1 aliphatic heterocycles. The fourth-order valence-electron chi connectivity index (χ4n) is 2.40. The fourth-order valence-corrected chi connectivity index (χ4v) is 2.65. The van der Waals surface area contributed by atoms with Gasteiger partial charge in [0.1, 0.15) is 5.69 Å². The summed E-state index contributed by atoms with van der Waals surface area (Å²) in [6, 6.07) is 0. The van der Waals surface area contributed by atoms with Crippen molar-refractivity contribution in [1.29, 1.82) is 0 Å². The number of halogens is 1. The molecule has 1 unspecified atom stereocenters. The van der Waals surface area contributed by atoms with Crippen molar-refractivity contribution in [2.75, 3.05) is 26.8 Å². The van der Waals surface area contributed by atoms with E-state index in [9.17, 15) is 4.79 Å². The number of ether oxygens (including phenoxy) is 1. The largest absolute Gasteiger partial charge is 0.383 e. The molecule has 2 rings (SSSR count). The molecule has 5 nitrogen and oxygen atoms in total. The van der Waals surface area contributed by atoms with Gasteiger partial charge >= 0.3 is 0 Å². The molecule has 0 radical (unpaired) electrons. The number of ketones is 1. The quantitative estimate of drug-likeness (QED) is 0.776. The summed E-state index contributed by atoms with van der Waals surface area (Å²) in [5, 5.41) is 7.87. The third-order valence-corrected chi connectivity index (χ3v) is 3.78. The van der Waals surface area contributed by atoms with Crippen LogP contribution in [0.4, 0.5) is 0 Å². The average Bonchev–Trinajstić information content (AvgIpc) is 3.03. The minimum Gasteiger partial charge on any atom is -0.383 e. The van der Waals surface area contributed by atoms with E-state index >= 15 is 0 Å². The van der Waals surface area contributed by atoms with Crippen LogP contribution in [0, 0.1) is 5.92 Å². The molecule has 1 N–H and O–H groups in total. The van der Waals surface area contributed by atoms with Gasteiger partial charge in [0, 0.05) is 13.5 Å². The molecule has 19 heavy (non-hydrogen) atoms. The van der Waals surface area contributed by atoms with Crippen LogP contribution in [-0.2, 0) is 11.3 Å². The monoisotopic (exact) mass is 285 g/mol. The summed E-state index contributed by atoms with van der Waals surface area (Å²) in [5.74, 6) is 0.684. The molecule has 1 atom stereocenters. The molecule has 2 heterocycles. The molecule has 1 aromatic rings. The van der Waals surface area contributed by atoms with Crippen molar-refractivity contribution in [1.82, 2.24) is 15.1 Å². The van der Waals surface area contributed by atoms with Crippen molar-refractivity contribution in [2.45, 2.75) is 25.8 Å². The zero-order chi connectivity index (χ0) is 13.7. The fraction of sp³-hybridized carbons (Fsp3) is 0.692. The van der Waals surface area contributed by atoms with Gasteiger partial charge < -0.3 is 10.1 Å². The number of aromatic nitrogens is 2. The topological polar surface area (TPSA) is 56.2 Å². The highest BCUT2D eigenvalue weighted by molar-refractivity contribution is 6.33. The Balaban J connectivity index is 1.94. The lowest BCUT2D eigenvalue weighted by atomic mass is 10.00. The Bertz CT molecular complexity index is 428. The first-order chi connectivity index (χ1) is 9.22. The summed E-state index contributed by atoms with van der Waals surface area (Å²) in [4.78, 5) is 12.3. The van der Waals surface area contributed by atoms with Gasteiger partial charge in [-0.05, 0) is 31.8 Å². The van der Waals surface area contributed by atoms with Crippen molar-refractivity contribution in [3.8, 4) is 0 Å². The van der Waals surface area contributed by atoms with Crippen LogP contribution in [-0.4, -0.2) is 42.4 Å². The second-order valence-electron chi connectivity index (χ2n) is 4.88. The lowest BCUT2D eigenvalue weighted by molar-refractivity contribution is 0.0960. The Morgan fingerprint density at radius 2 is 2.53 bits per heavy atom. The highest BCUT2D eigenvalue weighted by atomic mass is 35.5.